The fourth-order valence-electron chi connectivity index (χ4n) is 1.36. The number of nitrogens with one attached hydrogen (secondary N) is 1. The van der Waals surface area contributed by atoms with E-state index in [1.165, 1.54) is 0 Å². The van der Waals surface area contributed by atoms with E-state index in [0.29, 0.717) is 13.2 Å². The van der Waals surface area contributed by atoms with Gasteiger partial charge in [-0.1, -0.05) is 0 Å². The van der Waals surface area contributed by atoms with E-state index in [-0.39, 0.29) is 13.2 Å². The lowest BCUT2D eigenvalue weighted by molar-refractivity contribution is -0.386. The maximum atomic E-state index is 11.4. The fourth-order valence-corrected chi connectivity index (χ4v) is 1.36. The second kappa shape index (κ2) is 7.44. The third-order valence-corrected chi connectivity index (χ3v) is 2.30. The van der Waals surface area contributed by atoms with Gasteiger partial charge < -0.3 is 9.47 Å². The molecule has 0 amide bonds. The number of methoxy groups -OCH3 is 1. The Morgan fingerprint density at radius 2 is 2.11 bits per heavy atom. The predicted molar refractivity (Wildman–Crippen MR) is 65.3 cm³/mol. The third kappa shape index (κ3) is 4.64. The van der Waals surface area contributed by atoms with Gasteiger partial charge >= 0.3 is 16.9 Å². The molecule has 9 heteroatoms. The lowest BCUT2D eigenvalue weighted by Crippen LogP contribution is -2.31. The Kier molecular flexibility index (Phi) is 5.90. The highest BCUT2D eigenvalue weighted by molar-refractivity contribution is 5.20. The van der Waals surface area contributed by atoms with Crippen LogP contribution in [-0.2, 0) is 16.0 Å². The first-order valence-corrected chi connectivity index (χ1v) is 5.61. The van der Waals surface area contributed by atoms with E-state index in [0.717, 1.165) is 17.2 Å². The molecular formula is C10H15N3O6. The summed E-state index contributed by atoms with van der Waals surface area (Å²) in [7, 11) is 1.58. The first-order chi connectivity index (χ1) is 9.06. The van der Waals surface area contributed by atoms with Crippen LogP contribution in [0, 0.1) is 10.1 Å². The minimum atomic E-state index is -1.01. The topological polar surface area (TPSA) is 116 Å². The van der Waals surface area contributed by atoms with Crippen molar-refractivity contribution in [3.8, 4) is 0 Å². The van der Waals surface area contributed by atoms with Crippen LogP contribution in [0.4, 0.5) is 5.69 Å². The van der Waals surface area contributed by atoms with Crippen LogP contribution in [0.2, 0.25) is 0 Å². The highest BCUT2D eigenvalue weighted by atomic mass is 16.6. The average Bonchev–Trinajstić information content (AvgIpc) is 2.35. The Labute approximate surface area is 107 Å². The molecule has 0 aliphatic heterocycles. The first kappa shape index (κ1) is 15.1. The summed E-state index contributed by atoms with van der Waals surface area (Å²) < 4.78 is 11.1. The lowest BCUT2D eigenvalue weighted by atomic mass is 10.5. The van der Waals surface area contributed by atoms with Crippen molar-refractivity contribution in [1.29, 1.82) is 0 Å². The van der Waals surface area contributed by atoms with Gasteiger partial charge in [0, 0.05) is 20.3 Å². The summed E-state index contributed by atoms with van der Waals surface area (Å²) in [5.74, 6) is 0. The number of aromatic amines is 1. The number of rotatable bonds is 8. The summed E-state index contributed by atoms with van der Waals surface area (Å²) in [5, 5.41) is 10.6. The molecule has 0 unspecified atom stereocenters. The van der Waals surface area contributed by atoms with Crippen LogP contribution in [0.25, 0.3) is 0 Å². The van der Waals surface area contributed by atoms with Gasteiger partial charge in [-0.2, -0.15) is 0 Å². The zero-order chi connectivity index (χ0) is 14.3. The Bertz CT molecular complexity index is 535. The molecule has 1 N–H and O–H groups in total. The molecule has 1 aromatic rings. The number of nitrogens with zero attached hydrogens (tertiary/aromatic N) is 2. The van der Waals surface area contributed by atoms with E-state index < -0.39 is 21.9 Å². The molecule has 1 aromatic heterocycles. The van der Waals surface area contributed by atoms with Crippen LogP contribution < -0.4 is 11.2 Å². The Balaban J connectivity index is 2.59. The number of nitro groups is 1. The standard InChI is InChI=1S/C10H15N3O6/c1-18-4-2-5-19-6-3-12-7-8(13(16)17)9(14)11-10(12)15/h7H,2-6H2,1H3,(H,11,14,15). The van der Waals surface area contributed by atoms with Crippen LogP contribution in [0.3, 0.4) is 0 Å². The van der Waals surface area contributed by atoms with Crippen LogP contribution >= 0.6 is 0 Å². The molecule has 0 aliphatic rings. The molecule has 19 heavy (non-hydrogen) atoms. The first-order valence-electron chi connectivity index (χ1n) is 5.61. The second-order valence-corrected chi connectivity index (χ2v) is 3.68. The van der Waals surface area contributed by atoms with Gasteiger partial charge in [-0.05, 0) is 6.42 Å². The average molecular weight is 273 g/mol. The van der Waals surface area contributed by atoms with Gasteiger partial charge in [-0.25, -0.2) is 4.79 Å². The molecule has 9 nitrogen and oxygen atoms in total. The van der Waals surface area contributed by atoms with Gasteiger partial charge in [0.1, 0.15) is 0 Å². The summed E-state index contributed by atoms with van der Waals surface area (Å²) in [5.41, 5.74) is -2.37. The number of hydrogen-bond donors (Lipinski definition) is 1. The van der Waals surface area contributed by atoms with Crippen molar-refractivity contribution in [3.05, 3.63) is 37.1 Å². The van der Waals surface area contributed by atoms with E-state index in [2.05, 4.69) is 0 Å². The van der Waals surface area contributed by atoms with E-state index in [1.807, 2.05) is 4.98 Å². The molecular weight excluding hydrogens is 258 g/mol. The number of ether oxygens (including phenoxy) is 2. The van der Waals surface area contributed by atoms with E-state index in [1.54, 1.807) is 7.11 Å². The monoisotopic (exact) mass is 273 g/mol. The Hall–Kier alpha value is -2.00. The van der Waals surface area contributed by atoms with Crippen LogP contribution in [-0.4, -0.2) is 41.4 Å². The maximum Gasteiger partial charge on any atom is 0.350 e. The highest BCUT2D eigenvalue weighted by Crippen LogP contribution is 1.98. The lowest BCUT2D eigenvalue weighted by Gasteiger charge is -2.06. The molecule has 0 fully saturated rings. The van der Waals surface area contributed by atoms with Gasteiger partial charge in [0.05, 0.1) is 24.3 Å². The SMILES string of the molecule is COCCCOCCn1cc([N+](=O)[O-])c(=O)[nH]c1=O. The molecule has 0 atom stereocenters. The van der Waals surface area contributed by atoms with Crippen molar-refractivity contribution < 1.29 is 14.4 Å². The number of aromatic nitrogens is 2. The molecule has 106 valence electrons. The van der Waals surface area contributed by atoms with Gasteiger partial charge in [0.15, 0.2) is 0 Å². The number of hydrogen-bond acceptors (Lipinski definition) is 6. The Morgan fingerprint density at radius 3 is 2.74 bits per heavy atom. The van der Waals surface area contributed by atoms with E-state index in [9.17, 15) is 19.7 Å². The molecule has 1 rings (SSSR count). The molecule has 0 radical (unpaired) electrons. The molecule has 0 saturated carbocycles. The van der Waals surface area contributed by atoms with Crippen molar-refractivity contribution in [3.63, 3.8) is 0 Å². The summed E-state index contributed by atoms with van der Waals surface area (Å²) in [6.45, 7) is 1.38. The summed E-state index contributed by atoms with van der Waals surface area (Å²) in [6.07, 6.45) is 1.64. The molecule has 0 saturated heterocycles. The van der Waals surface area contributed by atoms with Crippen molar-refractivity contribution in [2.75, 3.05) is 26.9 Å². The highest BCUT2D eigenvalue weighted by Gasteiger charge is 2.14. The summed E-state index contributed by atoms with van der Waals surface area (Å²) in [4.78, 5) is 34.1. The van der Waals surface area contributed by atoms with E-state index in [4.69, 9.17) is 9.47 Å². The number of H-pyrrole nitrogens is 1. The van der Waals surface area contributed by atoms with E-state index >= 15 is 0 Å². The molecule has 1 heterocycles. The summed E-state index contributed by atoms with van der Waals surface area (Å²) in [6, 6.07) is 0. The smallest absolute Gasteiger partial charge is 0.350 e. The second-order valence-electron chi connectivity index (χ2n) is 3.68. The van der Waals surface area contributed by atoms with Crippen molar-refractivity contribution in [2.24, 2.45) is 0 Å². The quantitative estimate of drug-likeness (QED) is 0.387. The van der Waals surface area contributed by atoms with Crippen molar-refractivity contribution >= 4 is 5.69 Å². The van der Waals surface area contributed by atoms with Crippen molar-refractivity contribution in [1.82, 2.24) is 9.55 Å². The maximum absolute atomic E-state index is 11.4. The van der Waals surface area contributed by atoms with Gasteiger partial charge in [-0.3, -0.25) is 24.5 Å². The molecule has 0 aliphatic carbocycles. The van der Waals surface area contributed by atoms with Crippen molar-refractivity contribution in [2.45, 2.75) is 13.0 Å². The third-order valence-electron chi connectivity index (χ3n) is 2.30. The predicted octanol–water partition coefficient (Wildman–Crippen LogP) is -0.502. The van der Waals surface area contributed by atoms with Crippen LogP contribution in [0.1, 0.15) is 6.42 Å². The van der Waals surface area contributed by atoms with Crippen LogP contribution in [0.5, 0.6) is 0 Å². The molecule has 0 aromatic carbocycles. The zero-order valence-corrected chi connectivity index (χ0v) is 10.5. The molecule has 0 spiro atoms. The minimum absolute atomic E-state index is 0.128. The van der Waals surface area contributed by atoms with Gasteiger partial charge in [-0.15, -0.1) is 0 Å². The van der Waals surface area contributed by atoms with Gasteiger partial charge in [0.2, 0.25) is 0 Å². The minimum Gasteiger partial charge on any atom is -0.385 e. The fraction of sp³-hybridized carbons (Fsp3) is 0.600. The zero-order valence-electron chi connectivity index (χ0n) is 10.5. The van der Waals surface area contributed by atoms with Gasteiger partial charge in [0.25, 0.3) is 0 Å². The van der Waals surface area contributed by atoms with Crippen LogP contribution in [0.15, 0.2) is 15.8 Å². The summed E-state index contributed by atoms with van der Waals surface area (Å²) >= 11 is 0. The molecule has 0 bridgehead atoms. The Morgan fingerprint density at radius 1 is 1.37 bits per heavy atom. The largest absolute Gasteiger partial charge is 0.385 e. The normalized spacial score (nSPS) is 10.6.